The van der Waals surface area contributed by atoms with E-state index >= 15 is 0 Å². The smallest absolute Gasteiger partial charge is 0.330 e. The monoisotopic (exact) mass is 594 g/mol. The molecule has 2 radical (unpaired) electrons. The Labute approximate surface area is 233 Å². The third-order valence-electron chi connectivity index (χ3n) is 4.36. The number of aromatic nitrogens is 2. The van der Waals surface area contributed by atoms with E-state index in [1.807, 2.05) is 13.8 Å². The summed E-state index contributed by atoms with van der Waals surface area (Å²) in [5.41, 5.74) is -0.881. The van der Waals surface area contributed by atoms with E-state index in [4.69, 9.17) is 4.74 Å². The summed E-state index contributed by atoms with van der Waals surface area (Å²) in [7, 11) is 3.83. The van der Waals surface area contributed by atoms with Crippen molar-refractivity contribution in [3.05, 3.63) is 32.6 Å². The van der Waals surface area contributed by atoms with Gasteiger partial charge in [0.1, 0.15) is 6.23 Å². The number of ether oxygens (including phenoxy) is 2. The van der Waals surface area contributed by atoms with Gasteiger partial charge in [0, 0.05) is 77.2 Å². The minimum Gasteiger partial charge on any atom is -0.469 e. The molecular formula is C20H37N2O5PY2. The molecule has 1 fully saturated rings. The van der Waals surface area contributed by atoms with Gasteiger partial charge in [0.15, 0.2) is 0 Å². The summed E-state index contributed by atoms with van der Waals surface area (Å²) >= 11 is 0. The summed E-state index contributed by atoms with van der Waals surface area (Å²) in [6.07, 6.45) is 5.77. The number of hydrogen-bond donors (Lipinski definition) is 1. The molecule has 0 saturated carbocycles. The largest absolute Gasteiger partial charge is 0.469 e. The fraction of sp³-hybridized carbons (Fsp3) is 0.750. The van der Waals surface area contributed by atoms with Crippen LogP contribution in [-0.4, -0.2) is 34.9 Å². The molecule has 1 aliphatic heterocycles. The van der Waals surface area contributed by atoms with Gasteiger partial charge in [0.25, 0.3) is 5.56 Å². The van der Waals surface area contributed by atoms with E-state index in [1.54, 1.807) is 0 Å². The summed E-state index contributed by atoms with van der Waals surface area (Å²) in [6, 6.07) is 0. The minimum absolute atomic E-state index is 0. The Morgan fingerprint density at radius 1 is 1.30 bits per heavy atom. The molecule has 30 heavy (non-hydrogen) atoms. The van der Waals surface area contributed by atoms with Gasteiger partial charge in [-0.2, -0.15) is 0 Å². The zero-order valence-electron chi connectivity index (χ0n) is 19.3. The summed E-state index contributed by atoms with van der Waals surface area (Å²) in [5, 5.41) is 0. The van der Waals surface area contributed by atoms with Crippen LogP contribution in [0.2, 0.25) is 0 Å². The number of H-pyrrole nitrogens is 1. The zero-order chi connectivity index (χ0) is 21.7. The molecule has 4 unspecified atom stereocenters. The quantitative estimate of drug-likeness (QED) is 0.404. The SMILES string of the molecule is CC.CCC(C)CC1CCC(n2cc(CC(=O)OC)c(=O)[nH]c2=O)O1.CCP.[Y].[Y]. The van der Waals surface area contributed by atoms with Gasteiger partial charge < -0.3 is 9.47 Å². The predicted molar refractivity (Wildman–Crippen MR) is 116 cm³/mol. The second kappa shape index (κ2) is 20.4. The van der Waals surface area contributed by atoms with Crippen LogP contribution < -0.4 is 11.2 Å². The van der Waals surface area contributed by atoms with Gasteiger partial charge in [-0.1, -0.05) is 41.0 Å². The topological polar surface area (TPSA) is 90.4 Å². The van der Waals surface area contributed by atoms with Crippen LogP contribution in [0, 0.1) is 5.92 Å². The number of methoxy groups -OCH3 is 1. The first-order valence-corrected chi connectivity index (χ1v) is 10.9. The molecule has 0 bridgehead atoms. The third-order valence-corrected chi connectivity index (χ3v) is 4.36. The van der Waals surface area contributed by atoms with Crippen molar-refractivity contribution in [3.8, 4) is 0 Å². The van der Waals surface area contributed by atoms with E-state index in [-0.39, 0.29) is 83.5 Å². The van der Waals surface area contributed by atoms with Crippen LogP contribution in [0.25, 0.3) is 0 Å². The fourth-order valence-corrected chi connectivity index (χ4v) is 2.77. The molecular weight excluding hydrogens is 557 g/mol. The maximum atomic E-state index is 12.0. The minimum atomic E-state index is -0.564. The molecule has 0 aliphatic carbocycles. The number of esters is 1. The van der Waals surface area contributed by atoms with Crippen LogP contribution >= 0.6 is 9.24 Å². The fourth-order valence-electron chi connectivity index (χ4n) is 2.77. The van der Waals surface area contributed by atoms with Crippen molar-refractivity contribution in [1.82, 2.24) is 9.55 Å². The normalized spacial score (nSPS) is 17.7. The van der Waals surface area contributed by atoms with E-state index in [0.717, 1.165) is 19.3 Å². The van der Waals surface area contributed by atoms with Gasteiger partial charge in [-0.05, 0) is 31.3 Å². The summed E-state index contributed by atoms with van der Waals surface area (Å²) in [6.45, 7) is 10.4. The van der Waals surface area contributed by atoms with Gasteiger partial charge in [-0.3, -0.25) is 19.1 Å². The number of carbonyl (C=O) groups is 1. The first-order chi connectivity index (χ1) is 13.4. The van der Waals surface area contributed by atoms with E-state index in [9.17, 15) is 14.4 Å². The van der Waals surface area contributed by atoms with Gasteiger partial charge in [-0.15, -0.1) is 9.24 Å². The van der Waals surface area contributed by atoms with E-state index in [2.05, 4.69) is 39.7 Å². The van der Waals surface area contributed by atoms with E-state index in [1.165, 1.54) is 24.0 Å². The first kappa shape index (κ1) is 35.3. The third kappa shape index (κ3) is 12.7. The van der Waals surface area contributed by atoms with Crippen LogP contribution in [0.5, 0.6) is 0 Å². The maximum absolute atomic E-state index is 12.0. The Morgan fingerprint density at radius 3 is 2.37 bits per heavy atom. The maximum Gasteiger partial charge on any atom is 0.330 e. The summed E-state index contributed by atoms with van der Waals surface area (Å²) < 4.78 is 11.9. The molecule has 1 aromatic heterocycles. The zero-order valence-corrected chi connectivity index (χ0v) is 26.1. The van der Waals surface area contributed by atoms with Crippen LogP contribution in [0.4, 0.5) is 0 Å². The van der Waals surface area contributed by atoms with E-state index in [0.29, 0.717) is 12.3 Å². The Kier molecular flexibility index (Phi) is 24.0. The molecule has 2 rings (SSSR count). The van der Waals surface area contributed by atoms with Gasteiger partial charge in [-0.25, -0.2) is 4.79 Å². The molecule has 10 heteroatoms. The number of rotatable bonds is 6. The van der Waals surface area contributed by atoms with Crippen molar-refractivity contribution in [3.63, 3.8) is 0 Å². The number of carbonyl (C=O) groups excluding carboxylic acids is 1. The number of hydrogen-bond acceptors (Lipinski definition) is 5. The van der Waals surface area contributed by atoms with Gasteiger partial charge in [0.05, 0.1) is 19.6 Å². The second-order valence-electron chi connectivity index (χ2n) is 6.52. The molecule has 7 nitrogen and oxygen atoms in total. The standard InChI is InChI=1S/C16H24N2O5.C2H7P.C2H6.2Y/c1-4-10(2)7-12-5-6-13(23-12)18-9-11(8-14(19)22-3)15(20)17-16(18)21;1-2-3;1-2;;/h9-10,12-13H,4-8H2,1-3H3,(H,17,20,21);2-3H2,1H3;1-2H3;;. The van der Waals surface area contributed by atoms with Crippen molar-refractivity contribution < 1.29 is 79.7 Å². The summed E-state index contributed by atoms with van der Waals surface area (Å²) in [4.78, 5) is 37.4. The number of nitrogens with one attached hydrogen (secondary N) is 1. The Hall–Kier alpha value is 0.748. The molecule has 1 aromatic rings. The van der Waals surface area contributed by atoms with Crippen molar-refractivity contribution in [1.29, 1.82) is 0 Å². The van der Waals surface area contributed by atoms with Gasteiger partial charge in [0.2, 0.25) is 0 Å². The van der Waals surface area contributed by atoms with Crippen LogP contribution in [0.1, 0.15) is 72.1 Å². The van der Waals surface area contributed by atoms with Crippen molar-refractivity contribution in [2.45, 2.75) is 79.1 Å². The van der Waals surface area contributed by atoms with E-state index < -0.39 is 23.4 Å². The van der Waals surface area contributed by atoms with Crippen molar-refractivity contribution >= 4 is 15.2 Å². The van der Waals surface area contributed by atoms with Crippen LogP contribution in [0.15, 0.2) is 15.8 Å². The Balaban J connectivity index is -0.000000955. The molecule has 168 valence electrons. The van der Waals surface area contributed by atoms with Crippen LogP contribution in [-0.2, 0) is 86.1 Å². The number of nitrogens with zero attached hydrogens (tertiary/aromatic N) is 1. The second-order valence-corrected chi connectivity index (χ2v) is 7.34. The molecule has 0 aromatic carbocycles. The Morgan fingerprint density at radius 2 is 1.87 bits per heavy atom. The average molecular weight is 594 g/mol. The van der Waals surface area contributed by atoms with Crippen molar-refractivity contribution in [2.75, 3.05) is 13.3 Å². The molecule has 4 atom stereocenters. The number of aromatic amines is 1. The summed E-state index contributed by atoms with van der Waals surface area (Å²) in [5.74, 6) is 0.0450. The van der Waals surface area contributed by atoms with Gasteiger partial charge >= 0.3 is 11.7 Å². The molecule has 2 heterocycles. The molecule has 1 aliphatic rings. The molecule has 0 amide bonds. The predicted octanol–water partition coefficient (Wildman–Crippen LogP) is 3.27. The first-order valence-electron chi connectivity index (χ1n) is 10.1. The Bertz CT molecular complexity index is 697. The van der Waals surface area contributed by atoms with Crippen molar-refractivity contribution in [2.24, 2.45) is 5.92 Å². The molecule has 1 N–H and O–H groups in total. The average Bonchev–Trinajstić information content (AvgIpc) is 3.14. The molecule has 1 saturated heterocycles. The molecule has 0 spiro atoms. The van der Waals surface area contributed by atoms with Crippen LogP contribution in [0.3, 0.4) is 0 Å².